The van der Waals surface area contributed by atoms with Gasteiger partial charge in [-0.05, 0) is 65.1 Å². The molecule has 0 N–H and O–H groups in total. The summed E-state index contributed by atoms with van der Waals surface area (Å²) in [5, 5.41) is 0. The normalized spacial score (nSPS) is 18.8. The predicted molar refractivity (Wildman–Crippen MR) is 91.7 cm³/mol. The zero-order chi connectivity index (χ0) is 15.4. The highest BCUT2D eigenvalue weighted by Crippen LogP contribution is 2.33. The van der Waals surface area contributed by atoms with Crippen molar-refractivity contribution in [2.24, 2.45) is 0 Å². The van der Waals surface area contributed by atoms with Gasteiger partial charge in [-0.1, -0.05) is 24.3 Å². The number of rotatable bonds is 6. The van der Waals surface area contributed by atoms with E-state index in [1.54, 1.807) is 11.1 Å². The summed E-state index contributed by atoms with van der Waals surface area (Å²) in [5.74, 6) is 0. The molecule has 0 heterocycles. The monoisotopic (exact) mass is 288 g/mol. The van der Waals surface area contributed by atoms with E-state index in [1.807, 2.05) is 0 Å². The van der Waals surface area contributed by atoms with Crippen molar-refractivity contribution in [1.29, 1.82) is 0 Å². The molecule has 1 aliphatic rings. The van der Waals surface area contributed by atoms with Crippen LogP contribution in [0, 0.1) is 0 Å². The van der Waals surface area contributed by atoms with Crippen LogP contribution in [0.4, 0.5) is 0 Å². The lowest BCUT2D eigenvalue weighted by Crippen LogP contribution is -2.42. The summed E-state index contributed by atoms with van der Waals surface area (Å²) in [6.07, 6.45) is 3.88. The molecule has 0 saturated heterocycles. The average Bonchev–Trinajstić information content (AvgIpc) is 2.46. The van der Waals surface area contributed by atoms with Crippen molar-refractivity contribution in [3.05, 3.63) is 35.4 Å². The Bertz CT molecular complexity index is 431. The van der Waals surface area contributed by atoms with Crippen LogP contribution >= 0.6 is 0 Å². The van der Waals surface area contributed by atoms with Crippen molar-refractivity contribution in [1.82, 2.24) is 9.80 Å². The molecule has 0 aliphatic heterocycles. The van der Waals surface area contributed by atoms with Crippen LogP contribution in [-0.4, -0.2) is 42.0 Å². The molecule has 0 fully saturated rings. The van der Waals surface area contributed by atoms with E-state index in [4.69, 9.17) is 0 Å². The molecule has 0 aromatic heterocycles. The number of benzene rings is 1. The van der Waals surface area contributed by atoms with E-state index in [-0.39, 0.29) is 0 Å². The van der Waals surface area contributed by atoms with Crippen LogP contribution in [0.1, 0.15) is 57.7 Å². The Labute approximate surface area is 131 Å². The number of nitrogens with zero attached hydrogens (tertiary/aromatic N) is 2. The van der Waals surface area contributed by atoms with Crippen LogP contribution in [0.3, 0.4) is 0 Å². The minimum atomic E-state index is 0.608. The van der Waals surface area contributed by atoms with Gasteiger partial charge in [0.05, 0.1) is 0 Å². The number of hydrogen-bond donors (Lipinski definition) is 0. The summed E-state index contributed by atoms with van der Waals surface area (Å²) in [7, 11) is 2.30. The van der Waals surface area contributed by atoms with E-state index in [1.165, 1.54) is 19.3 Å². The van der Waals surface area contributed by atoms with Crippen LogP contribution in [0.15, 0.2) is 24.3 Å². The first kappa shape index (κ1) is 16.5. The molecule has 1 atom stereocenters. The molecule has 2 nitrogen and oxygen atoms in total. The van der Waals surface area contributed by atoms with E-state index in [2.05, 4.69) is 68.8 Å². The van der Waals surface area contributed by atoms with Crippen LogP contribution < -0.4 is 0 Å². The van der Waals surface area contributed by atoms with E-state index in [0.717, 1.165) is 13.1 Å². The molecule has 0 saturated carbocycles. The molecule has 0 bridgehead atoms. The molecule has 1 aromatic rings. The summed E-state index contributed by atoms with van der Waals surface area (Å²) in [6.45, 7) is 11.5. The van der Waals surface area contributed by atoms with Crippen molar-refractivity contribution in [2.75, 3.05) is 20.1 Å². The van der Waals surface area contributed by atoms with Crippen LogP contribution in [0.2, 0.25) is 0 Å². The summed E-state index contributed by atoms with van der Waals surface area (Å²) in [4.78, 5) is 5.15. The highest BCUT2D eigenvalue weighted by Gasteiger charge is 2.24. The van der Waals surface area contributed by atoms with Crippen molar-refractivity contribution in [2.45, 2.75) is 65.1 Å². The fraction of sp³-hybridized carbons (Fsp3) is 0.684. The Hall–Kier alpha value is -0.860. The second kappa shape index (κ2) is 7.42. The SMILES string of the molecule is CC(C)N(CCN(C)C1CCCc2ccccc21)C(C)C. The molecule has 118 valence electrons. The summed E-state index contributed by atoms with van der Waals surface area (Å²) >= 11 is 0. The van der Waals surface area contributed by atoms with E-state index in [9.17, 15) is 0 Å². The zero-order valence-corrected chi connectivity index (χ0v) is 14.5. The lowest BCUT2D eigenvalue weighted by Gasteiger charge is -2.36. The summed E-state index contributed by atoms with van der Waals surface area (Å²) in [6, 6.07) is 10.9. The summed E-state index contributed by atoms with van der Waals surface area (Å²) in [5.41, 5.74) is 3.12. The lowest BCUT2D eigenvalue weighted by atomic mass is 9.87. The van der Waals surface area contributed by atoms with Crippen molar-refractivity contribution in [3.8, 4) is 0 Å². The smallest absolute Gasteiger partial charge is 0.0348 e. The topological polar surface area (TPSA) is 6.48 Å². The van der Waals surface area contributed by atoms with Gasteiger partial charge in [-0.3, -0.25) is 9.80 Å². The molecule has 1 aromatic carbocycles. The number of fused-ring (bicyclic) bond motifs is 1. The molecule has 2 heteroatoms. The fourth-order valence-electron chi connectivity index (χ4n) is 3.73. The molecular weight excluding hydrogens is 256 g/mol. The first-order chi connectivity index (χ1) is 10.0. The van der Waals surface area contributed by atoms with Gasteiger partial charge in [0.1, 0.15) is 0 Å². The second-order valence-corrected chi connectivity index (χ2v) is 7.01. The maximum atomic E-state index is 2.59. The number of likely N-dealkylation sites (N-methyl/N-ethyl adjacent to an activating group) is 1. The number of aryl methyl sites for hydroxylation is 1. The van der Waals surface area contributed by atoms with Gasteiger partial charge >= 0.3 is 0 Å². The second-order valence-electron chi connectivity index (χ2n) is 7.01. The van der Waals surface area contributed by atoms with Gasteiger partial charge in [0.25, 0.3) is 0 Å². The van der Waals surface area contributed by atoms with Crippen LogP contribution in [-0.2, 0) is 6.42 Å². The third kappa shape index (κ3) is 4.08. The first-order valence-electron chi connectivity index (χ1n) is 8.54. The third-order valence-corrected chi connectivity index (χ3v) is 4.91. The first-order valence-corrected chi connectivity index (χ1v) is 8.54. The van der Waals surface area contributed by atoms with Crippen molar-refractivity contribution >= 4 is 0 Å². The van der Waals surface area contributed by atoms with Gasteiger partial charge < -0.3 is 0 Å². The minimum absolute atomic E-state index is 0.608. The van der Waals surface area contributed by atoms with Crippen molar-refractivity contribution < 1.29 is 0 Å². The molecular formula is C19H32N2. The fourth-order valence-corrected chi connectivity index (χ4v) is 3.73. The van der Waals surface area contributed by atoms with E-state index >= 15 is 0 Å². The Morgan fingerprint density at radius 2 is 1.71 bits per heavy atom. The van der Waals surface area contributed by atoms with Gasteiger partial charge in [0, 0.05) is 31.2 Å². The Balaban J connectivity index is 2.00. The van der Waals surface area contributed by atoms with Gasteiger partial charge in [0.2, 0.25) is 0 Å². The average molecular weight is 288 g/mol. The van der Waals surface area contributed by atoms with E-state index < -0.39 is 0 Å². The van der Waals surface area contributed by atoms with Crippen LogP contribution in [0.25, 0.3) is 0 Å². The highest BCUT2D eigenvalue weighted by atomic mass is 15.2. The van der Waals surface area contributed by atoms with Gasteiger partial charge in [0.15, 0.2) is 0 Å². The van der Waals surface area contributed by atoms with E-state index in [0.29, 0.717) is 18.1 Å². The largest absolute Gasteiger partial charge is 0.298 e. The molecule has 21 heavy (non-hydrogen) atoms. The zero-order valence-electron chi connectivity index (χ0n) is 14.5. The Morgan fingerprint density at radius 3 is 2.38 bits per heavy atom. The molecule has 0 radical (unpaired) electrons. The Kier molecular flexibility index (Phi) is 5.83. The number of hydrogen-bond acceptors (Lipinski definition) is 2. The predicted octanol–water partition coefficient (Wildman–Crippen LogP) is 4.11. The van der Waals surface area contributed by atoms with Crippen LogP contribution in [0.5, 0.6) is 0 Å². The molecule has 1 aliphatic carbocycles. The quantitative estimate of drug-likeness (QED) is 0.777. The highest BCUT2D eigenvalue weighted by molar-refractivity contribution is 5.32. The minimum Gasteiger partial charge on any atom is -0.298 e. The maximum absolute atomic E-state index is 2.59. The molecule has 0 spiro atoms. The van der Waals surface area contributed by atoms with Gasteiger partial charge in [-0.2, -0.15) is 0 Å². The van der Waals surface area contributed by atoms with Crippen molar-refractivity contribution in [3.63, 3.8) is 0 Å². The third-order valence-electron chi connectivity index (χ3n) is 4.91. The molecule has 2 rings (SSSR count). The van der Waals surface area contributed by atoms with Gasteiger partial charge in [-0.15, -0.1) is 0 Å². The van der Waals surface area contributed by atoms with Gasteiger partial charge in [-0.25, -0.2) is 0 Å². The molecule has 1 unspecified atom stereocenters. The lowest BCUT2D eigenvalue weighted by molar-refractivity contribution is 0.131. The summed E-state index contributed by atoms with van der Waals surface area (Å²) < 4.78 is 0. The Morgan fingerprint density at radius 1 is 1.05 bits per heavy atom. The standard InChI is InChI=1S/C19H32N2/c1-15(2)21(16(3)4)14-13-20(5)19-12-8-10-17-9-6-7-11-18(17)19/h6-7,9,11,15-16,19H,8,10,12-14H2,1-5H3. The maximum Gasteiger partial charge on any atom is 0.0348 e. The molecule has 0 amide bonds.